The number of fused-ring (bicyclic) bond motifs is 3. The Hall–Kier alpha value is -3.52. The number of carbonyl (C=O) groups is 1. The molecule has 158 valence electrons. The summed E-state index contributed by atoms with van der Waals surface area (Å²) in [5, 5.41) is 4.94. The quantitative estimate of drug-likeness (QED) is 0.476. The summed E-state index contributed by atoms with van der Waals surface area (Å²) in [5.41, 5.74) is 1.89. The Morgan fingerprint density at radius 3 is 2.48 bits per heavy atom. The second-order valence-electron chi connectivity index (χ2n) is 8.01. The van der Waals surface area contributed by atoms with Crippen molar-refractivity contribution in [2.24, 2.45) is 0 Å². The summed E-state index contributed by atoms with van der Waals surface area (Å²) in [6.07, 6.45) is 1.55. The molecule has 1 amide bonds. The molecule has 3 heterocycles. The number of rotatable bonds is 1. The second kappa shape index (κ2) is 7.31. The fourth-order valence-corrected chi connectivity index (χ4v) is 4.04. The van der Waals surface area contributed by atoms with Gasteiger partial charge in [-0.05, 0) is 43.8 Å². The highest BCUT2D eigenvalue weighted by atomic mass is 19.1. The van der Waals surface area contributed by atoms with Gasteiger partial charge in [0.2, 0.25) is 0 Å². The van der Waals surface area contributed by atoms with Crippen LogP contribution in [-0.4, -0.2) is 63.4 Å². The van der Waals surface area contributed by atoms with Gasteiger partial charge in [-0.2, -0.15) is 9.78 Å². The first-order valence-corrected chi connectivity index (χ1v) is 10.2. The Labute approximate surface area is 178 Å². The zero-order valence-corrected chi connectivity index (χ0v) is 17.4. The standard InChI is InChI=1S/C23H22FN5O2/c1-15-12-20-17(13-19(15)24)21-18(22(30)29(25-21)16-6-4-3-5-7-16)14-28(20)23(31)27-10-8-26(2)9-11-27/h3-7,12-14H,8-11H2,1-2H3. The topological polar surface area (TPSA) is 63.4 Å². The summed E-state index contributed by atoms with van der Waals surface area (Å²) >= 11 is 0. The van der Waals surface area contributed by atoms with Crippen LogP contribution in [0, 0.1) is 12.7 Å². The van der Waals surface area contributed by atoms with Crippen molar-refractivity contribution >= 4 is 16.9 Å². The highest BCUT2D eigenvalue weighted by molar-refractivity contribution is 5.99. The van der Waals surface area contributed by atoms with Gasteiger partial charge in [-0.15, -0.1) is 0 Å². The van der Waals surface area contributed by atoms with Crippen molar-refractivity contribution < 1.29 is 9.18 Å². The summed E-state index contributed by atoms with van der Waals surface area (Å²) in [6.45, 7) is 4.40. The minimum Gasteiger partial charge on any atom is -0.321 e. The lowest BCUT2D eigenvalue weighted by Crippen LogP contribution is -2.48. The van der Waals surface area contributed by atoms with Crippen molar-refractivity contribution in [1.82, 2.24) is 24.1 Å². The van der Waals surface area contributed by atoms with Crippen LogP contribution in [-0.2, 0) is 0 Å². The maximum atomic E-state index is 14.5. The fraction of sp³-hybridized carbons (Fsp3) is 0.261. The van der Waals surface area contributed by atoms with Gasteiger partial charge in [0.15, 0.2) is 0 Å². The van der Waals surface area contributed by atoms with Crippen molar-refractivity contribution in [3.8, 4) is 16.9 Å². The van der Waals surface area contributed by atoms with Gasteiger partial charge >= 0.3 is 6.03 Å². The molecule has 1 saturated heterocycles. The van der Waals surface area contributed by atoms with E-state index in [-0.39, 0.29) is 17.2 Å². The van der Waals surface area contributed by atoms with E-state index < -0.39 is 5.82 Å². The van der Waals surface area contributed by atoms with Gasteiger partial charge < -0.3 is 9.80 Å². The second-order valence-corrected chi connectivity index (χ2v) is 8.01. The van der Waals surface area contributed by atoms with Crippen molar-refractivity contribution in [1.29, 1.82) is 0 Å². The lowest BCUT2D eigenvalue weighted by molar-refractivity contribution is 0.156. The molecule has 0 aromatic heterocycles. The van der Waals surface area contributed by atoms with Crippen molar-refractivity contribution in [3.05, 3.63) is 70.4 Å². The fourth-order valence-electron chi connectivity index (χ4n) is 4.04. The number of hydrogen-bond donors (Lipinski definition) is 0. The van der Waals surface area contributed by atoms with Crippen molar-refractivity contribution in [2.75, 3.05) is 33.2 Å². The Morgan fingerprint density at radius 2 is 1.77 bits per heavy atom. The molecule has 0 radical (unpaired) electrons. The van der Waals surface area contributed by atoms with Gasteiger partial charge in [0.1, 0.15) is 11.5 Å². The number of piperazine rings is 1. The zero-order chi connectivity index (χ0) is 21.7. The number of hydrogen-bond acceptors (Lipinski definition) is 4. The molecule has 0 saturated carbocycles. The molecule has 0 N–H and O–H groups in total. The highest BCUT2D eigenvalue weighted by Crippen LogP contribution is 2.30. The van der Waals surface area contributed by atoms with Crippen LogP contribution in [0.2, 0.25) is 0 Å². The molecule has 8 heteroatoms. The number of likely N-dealkylation sites (N-methyl/N-ethyl adjacent to an activating group) is 1. The molecule has 3 aliphatic heterocycles. The van der Waals surface area contributed by atoms with Crippen molar-refractivity contribution in [2.45, 2.75) is 6.92 Å². The lowest BCUT2D eigenvalue weighted by atomic mass is 10.1. The molecule has 0 unspecified atom stereocenters. The molecule has 5 rings (SSSR count). The Kier molecular flexibility index (Phi) is 4.59. The number of pyridine rings is 1. The molecule has 2 aromatic carbocycles. The predicted molar refractivity (Wildman–Crippen MR) is 117 cm³/mol. The molecule has 7 nitrogen and oxygen atoms in total. The van der Waals surface area contributed by atoms with E-state index >= 15 is 0 Å². The van der Waals surface area contributed by atoms with Gasteiger partial charge in [0.25, 0.3) is 5.56 Å². The largest absolute Gasteiger partial charge is 0.328 e. The number of benzene rings is 2. The van der Waals surface area contributed by atoms with E-state index in [4.69, 9.17) is 0 Å². The van der Waals surface area contributed by atoms with Gasteiger partial charge in [-0.3, -0.25) is 9.36 Å². The third-order valence-corrected chi connectivity index (χ3v) is 5.91. The average Bonchev–Trinajstić information content (AvgIpc) is 3.11. The van der Waals surface area contributed by atoms with Crippen molar-refractivity contribution in [3.63, 3.8) is 0 Å². The third-order valence-electron chi connectivity index (χ3n) is 5.91. The SMILES string of the molecule is Cc1cc2c(cc1F)c1nn(-c3ccccc3)c(=O)c-1cn2C(=O)N1CCN(C)CC1. The minimum absolute atomic E-state index is 0.224. The number of aryl methyl sites for hydroxylation is 1. The van der Waals surface area contributed by atoms with E-state index in [1.165, 1.54) is 15.3 Å². The smallest absolute Gasteiger partial charge is 0.321 e. The van der Waals surface area contributed by atoms with Crippen LogP contribution in [0.4, 0.5) is 9.18 Å². The Balaban J connectivity index is 1.76. The van der Waals surface area contributed by atoms with Gasteiger partial charge in [-0.25, -0.2) is 9.18 Å². The molecule has 0 atom stereocenters. The number of halogens is 1. The van der Waals surface area contributed by atoms with E-state index in [2.05, 4.69) is 10.00 Å². The van der Waals surface area contributed by atoms with E-state index in [1.807, 2.05) is 25.2 Å². The minimum atomic E-state index is -0.402. The summed E-state index contributed by atoms with van der Waals surface area (Å²) in [7, 11) is 2.02. The highest BCUT2D eigenvalue weighted by Gasteiger charge is 2.26. The normalized spacial score (nSPS) is 15.1. The summed E-state index contributed by atoms with van der Waals surface area (Å²) in [4.78, 5) is 30.5. The molecule has 2 aromatic rings. The first-order chi connectivity index (χ1) is 14.9. The maximum Gasteiger partial charge on any atom is 0.328 e. The molecular formula is C23H22FN5O2. The van der Waals surface area contributed by atoms with E-state index in [9.17, 15) is 14.0 Å². The first kappa shape index (κ1) is 19.4. The van der Waals surface area contributed by atoms with Crippen LogP contribution in [0.15, 0.2) is 53.5 Å². The van der Waals surface area contributed by atoms with Crippen LogP contribution in [0.1, 0.15) is 5.56 Å². The average molecular weight is 419 g/mol. The van der Waals surface area contributed by atoms with Crippen LogP contribution in [0.25, 0.3) is 27.8 Å². The summed E-state index contributed by atoms with van der Waals surface area (Å²) in [5.74, 6) is -0.402. The number of aromatic nitrogens is 3. The number of amides is 1. The van der Waals surface area contributed by atoms with Crippen LogP contribution in [0.3, 0.4) is 0 Å². The van der Waals surface area contributed by atoms with E-state index in [0.29, 0.717) is 40.9 Å². The number of nitrogens with zero attached hydrogens (tertiary/aromatic N) is 5. The van der Waals surface area contributed by atoms with Crippen LogP contribution < -0.4 is 5.56 Å². The molecule has 3 aliphatic rings. The predicted octanol–water partition coefficient (Wildman–Crippen LogP) is 2.96. The summed E-state index contributed by atoms with van der Waals surface area (Å²) in [6, 6.07) is 11.8. The molecule has 1 fully saturated rings. The zero-order valence-electron chi connectivity index (χ0n) is 17.4. The number of para-hydroxylation sites is 1. The first-order valence-electron chi connectivity index (χ1n) is 10.2. The van der Waals surface area contributed by atoms with Gasteiger partial charge in [-0.1, -0.05) is 18.2 Å². The van der Waals surface area contributed by atoms with Gasteiger partial charge in [0.05, 0.1) is 16.8 Å². The monoisotopic (exact) mass is 419 g/mol. The molecule has 0 aliphatic carbocycles. The molecular weight excluding hydrogens is 397 g/mol. The Bertz CT molecular complexity index is 1320. The van der Waals surface area contributed by atoms with Crippen LogP contribution in [0.5, 0.6) is 0 Å². The van der Waals surface area contributed by atoms with Gasteiger partial charge in [0, 0.05) is 37.8 Å². The Morgan fingerprint density at radius 1 is 1.06 bits per heavy atom. The van der Waals surface area contributed by atoms with E-state index in [1.54, 1.807) is 36.2 Å². The van der Waals surface area contributed by atoms with Crippen LogP contribution >= 0.6 is 0 Å². The van der Waals surface area contributed by atoms with E-state index in [0.717, 1.165) is 13.1 Å². The lowest BCUT2D eigenvalue weighted by Gasteiger charge is -2.33. The molecule has 0 bridgehead atoms. The number of carbonyl (C=O) groups excluding carboxylic acids is 1. The maximum absolute atomic E-state index is 14.5. The third kappa shape index (κ3) is 3.19. The molecule has 0 spiro atoms. The summed E-state index contributed by atoms with van der Waals surface area (Å²) < 4.78 is 17.3. The molecule has 31 heavy (non-hydrogen) atoms.